The molecular weight excluding hydrogens is 202 g/mol. The Labute approximate surface area is 75.0 Å². The number of β-lactam (4-membered cyclic amide) rings is 1. The van der Waals surface area contributed by atoms with Gasteiger partial charge < -0.3 is 0 Å². The number of nitrogens with zero attached hydrogens (tertiary/aromatic N) is 1. The fourth-order valence-electron chi connectivity index (χ4n) is 2.02. The predicted molar refractivity (Wildman–Crippen MR) is 42.7 cm³/mol. The zero-order valence-corrected chi connectivity index (χ0v) is 7.81. The number of hydrogen-bond donors (Lipinski definition) is 0. The minimum absolute atomic E-state index is 0.0708. The van der Waals surface area contributed by atoms with Gasteiger partial charge >= 0.3 is 9.24 Å². The third-order valence-corrected chi connectivity index (χ3v) is 3.92. The molecule has 2 atom stereocenters. The zero-order valence-electron chi connectivity index (χ0n) is 6.23. The van der Waals surface area contributed by atoms with Crippen LogP contribution in [0, 0.1) is 5.92 Å². The monoisotopic (exact) mass is 209 g/mol. The fourth-order valence-corrected chi connectivity index (χ4v) is 3.46. The highest BCUT2D eigenvalue weighted by Crippen LogP contribution is 2.42. The van der Waals surface area contributed by atoms with Crippen molar-refractivity contribution in [3.05, 3.63) is 0 Å². The Bertz CT molecular complexity index is 326. The number of rotatable bonds is 1. The van der Waals surface area contributed by atoms with Crippen LogP contribution < -0.4 is 0 Å². The van der Waals surface area contributed by atoms with Crippen molar-refractivity contribution in [3.63, 3.8) is 0 Å². The molecule has 2 aliphatic rings. The Morgan fingerprint density at radius 1 is 1.42 bits per heavy atom. The first kappa shape index (κ1) is 8.31. The van der Waals surface area contributed by atoms with Crippen LogP contribution >= 0.6 is 10.7 Å². The van der Waals surface area contributed by atoms with Crippen molar-refractivity contribution in [1.82, 2.24) is 4.31 Å². The van der Waals surface area contributed by atoms with Gasteiger partial charge in [-0.05, 0) is 12.8 Å². The Hall–Kier alpha value is -0.290. The molecule has 1 heterocycles. The second kappa shape index (κ2) is 2.35. The van der Waals surface area contributed by atoms with E-state index in [1.165, 1.54) is 0 Å². The van der Waals surface area contributed by atoms with Crippen molar-refractivity contribution in [2.75, 3.05) is 0 Å². The number of hydrogen-bond acceptors (Lipinski definition) is 3. The molecule has 0 aromatic rings. The van der Waals surface area contributed by atoms with Crippen LogP contribution in [0.1, 0.15) is 19.3 Å². The molecule has 0 aromatic heterocycles. The van der Waals surface area contributed by atoms with E-state index >= 15 is 0 Å². The summed E-state index contributed by atoms with van der Waals surface area (Å²) < 4.78 is 22.5. The van der Waals surface area contributed by atoms with Crippen LogP contribution in [-0.2, 0) is 14.0 Å². The van der Waals surface area contributed by atoms with Crippen LogP contribution in [0.5, 0.6) is 0 Å². The normalized spacial score (nSPS) is 34.8. The van der Waals surface area contributed by atoms with E-state index in [2.05, 4.69) is 0 Å². The van der Waals surface area contributed by atoms with Gasteiger partial charge in [-0.3, -0.25) is 4.79 Å². The lowest BCUT2D eigenvalue weighted by Crippen LogP contribution is -2.59. The molecule has 1 aliphatic carbocycles. The molecule has 0 radical (unpaired) electrons. The summed E-state index contributed by atoms with van der Waals surface area (Å²) in [6.45, 7) is 0. The average molecular weight is 210 g/mol. The predicted octanol–water partition coefficient (Wildman–Crippen LogP) is 0.481. The second-order valence-electron chi connectivity index (χ2n) is 3.18. The van der Waals surface area contributed by atoms with E-state index in [4.69, 9.17) is 10.7 Å². The zero-order chi connectivity index (χ0) is 8.93. The van der Waals surface area contributed by atoms with Crippen molar-refractivity contribution in [2.24, 2.45) is 5.92 Å². The standard InChI is InChI=1S/C6H8ClNO3S/c7-12(10,11)8-5-3-1-2-4(5)6(8)9/h4-5H,1-3H2. The highest BCUT2D eigenvalue weighted by molar-refractivity contribution is 8.12. The lowest BCUT2D eigenvalue weighted by molar-refractivity contribution is -0.143. The molecule has 0 aromatic carbocycles. The first-order valence-corrected chi connectivity index (χ1v) is 6.06. The van der Waals surface area contributed by atoms with Gasteiger partial charge in [0.25, 0.3) is 0 Å². The second-order valence-corrected chi connectivity index (χ2v) is 5.57. The molecule has 6 heteroatoms. The lowest BCUT2D eigenvalue weighted by atomic mass is 9.94. The summed E-state index contributed by atoms with van der Waals surface area (Å²) in [7, 11) is 1.26. The number of fused-ring (bicyclic) bond motifs is 1. The van der Waals surface area contributed by atoms with Crippen LogP contribution in [0.25, 0.3) is 0 Å². The number of carbonyl (C=O) groups is 1. The average Bonchev–Trinajstić information content (AvgIpc) is 2.27. The third-order valence-electron chi connectivity index (χ3n) is 2.55. The van der Waals surface area contributed by atoms with E-state index in [0.717, 1.165) is 23.6 Å². The van der Waals surface area contributed by atoms with Crippen molar-refractivity contribution in [1.29, 1.82) is 0 Å². The maximum Gasteiger partial charge on any atom is 0.324 e. The van der Waals surface area contributed by atoms with E-state index < -0.39 is 9.24 Å². The van der Waals surface area contributed by atoms with Crippen LogP contribution in [0.15, 0.2) is 0 Å². The van der Waals surface area contributed by atoms with E-state index in [1.807, 2.05) is 0 Å². The maximum absolute atomic E-state index is 11.2. The molecule has 0 bridgehead atoms. The topological polar surface area (TPSA) is 54.5 Å². The van der Waals surface area contributed by atoms with Gasteiger partial charge in [-0.25, -0.2) is 4.31 Å². The van der Waals surface area contributed by atoms with Crippen molar-refractivity contribution in [3.8, 4) is 0 Å². The Morgan fingerprint density at radius 3 is 2.67 bits per heavy atom. The lowest BCUT2D eigenvalue weighted by Gasteiger charge is -2.40. The molecule has 2 fully saturated rings. The van der Waals surface area contributed by atoms with E-state index in [1.54, 1.807) is 0 Å². The quantitative estimate of drug-likeness (QED) is 0.466. The van der Waals surface area contributed by atoms with Gasteiger partial charge in [-0.1, -0.05) is 6.42 Å². The molecule has 2 rings (SSSR count). The molecular formula is C6H8ClNO3S. The molecule has 12 heavy (non-hydrogen) atoms. The first-order valence-electron chi connectivity index (χ1n) is 3.79. The minimum Gasteiger partial charge on any atom is -0.273 e. The highest BCUT2D eigenvalue weighted by atomic mass is 35.7. The molecule has 0 N–H and O–H groups in total. The molecule has 2 unspecified atom stereocenters. The van der Waals surface area contributed by atoms with E-state index in [0.29, 0.717) is 0 Å². The van der Waals surface area contributed by atoms with Gasteiger partial charge in [0.05, 0.1) is 12.0 Å². The SMILES string of the molecule is O=C1C2CCCC2N1S(=O)(=O)Cl. The molecule has 1 saturated heterocycles. The summed E-state index contributed by atoms with van der Waals surface area (Å²) in [5.74, 6) is -0.397. The van der Waals surface area contributed by atoms with Crippen molar-refractivity contribution < 1.29 is 13.2 Å². The van der Waals surface area contributed by atoms with Crippen LogP contribution in [-0.4, -0.2) is 24.7 Å². The van der Waals surface area contributed by atoms with Gasteiger partial charge in [0.1, 0.15) is 0 Å². The van der Waals surface area contributed by atoms with E-state index in [-0.39, 0.29) is 17.9 Å². The summed E-state index contributed by atoms with van der Waals surface area (Å²) in [4.78, 5) is 11.2. The number of carbonyl (C=O) groups excluding carboxylic acids is 1. The number of amides is 1. The summed E-state index contributed by atoms with van der Waals surface area (Å²) in [6.07, 6.45) is 2.50. The van der Waals surface area contributed by atoms with Crippen molar-refractivity contribution in [2.45, 2.75) is 25.3 Å². The molecule has 1 amide bonds. The van der Waals surface area contributed by atoms with Gasteiger partial charge in [0.15, 0.2) is 0 Å². The van der Waals surface area contributed by atoms with Gasteiger partial charge in [-0.2, -0.15) is 8.42 Å². The summed E-state index contributed by atoms with van der Waals surface area (Å²) in [5, 5.41) is 0. The molecule has 1 saturated carbocycles. The van der Waals surface area contributed by atoms with Crippen molar-refractivity contribution >= 4 is 25.8 Å². The smallest absolute Gasteiger partial charge is 0.273 e. The van der Waals surface area contributed by atoms with Crippen LogP contribution in [0.4, 0.5) is 0 Å². The first-order chi connectivity index (χ1) is 5.52. The summed E-state index contributed by atoms with van der Waals surface area (Å²) in [6, 6.07) is -0.139. The molecule has 4 nitrogen and oxygen atoms in total. The Kier molecular flexibility index (Phi) is 1.63. The van der Waals surface area contributed by atoms with Gasteiger partial charge in [-0.15, -0.1) is 0 Å². The minimum atomic E-state index is -3.81. The van der Waals surface area contributed by atoms with Crippen LogP contribution in [0.2, 0.25) is 0 Å². The van der Waals surface area contributed by atoms with E-state index in [9.17, 15) is 13.2 Å². The Morgan fingerprint density at radius 2 is 2.08 bits per heavy atom. The summed E-state index contributed by atoms with van der Waals surface area (Å²) >= 11 is 0. The molecule has 0 spiro atoms. The maximum atomic E-state index is 11.2. The van der Waals surface area contributed by atoms with Gasteiger partial charge in [0.2, 0.25) is 5.91 Å². The largest absolute Gasteiger partial charge is 0.324 e. The van der Waals surface area contributed by atoms with Crippen LogP contribution in [0.3, 0.4) is 0 Å². The third kappa shape index (κ3) is 0.959. The Balaban J connectivity index is 2.26. The molecule has 68 valence electrons. The van der Waals surface area contributed by atoms with Gasteiger partial charge in [0, 0.05) is 10.7 Å². The molecule has 1 aliphatic heterocycles. The summed E-state index contributed by atoms with van der Waals surface area (Å²) in [5.41, 5.74) is 0. The highest BCUT2D eigenvalue weighted by Gasteiger charge is 2.54. The fraction of sp³-hybridized carbons (Fsp3) is 0.833. The number of halogens is 1.